The summed E-state index contributed by atoms with van der Waals surface area (Å²) >= 11 is 0. The summed E-state index contributed by atoms with van der Waals surface area (Å²) < 4.78 is 61.4. The first-order valence-corrected chi connectivity index (χ1v) is 6.24. The van der Waals surface area contributed by atoms with Crippen molar-refractivity contribution in [1.29, 1.82) is 0 Å². The molecule has 0 fully saturated rings. The summed E-state index contributed by atoms with van der Waals surface area (Å²) in [6, 6.07) is 2.40. The van der Waals surface area contributed by atoms with E-state index in [1.54, 1.807) is 0 Å². The van der Waals surface area contributed by atoms with Crippen LogP contribution >= 0.6 is 10.7 Å². The molecular weight excluding hydrogens is 285 g/mol. The van der Waals surface area contributed by atoms with Gasteiger partial charge in [-0.05, 0) is 12.1 Å². The normalized spacial score (nSPS) is 12.2. The number of carbonyl (C=O) groups is 1. The molecule has 0 atom stereocenters. The summed E-state index contributed by atoms with van der Waals surface area (Å²) in [4.78, 5) is 9.51. The number of hydrogen-bond donors (Lipinski definition) is 0. The van der Waals surface area contributed by atoms with Gasteiger partial charge in [-0.15, -0.1) is 13.2 Å². The summed E-state index contributed by atoms with van der Waals surface area (Å²) in [5.74, 6) is -1.04. The Morgan fingerprint density at radius 3 is 2.29 bits per heavy atom. The third-order valence-electron chi connectivity index (χ3n) is 1.59. The highest BCUT2D eigenvalue weighted by molar-refractivity contribution is 8.13. The predicted octanol–water partition coefficient (Wildman–Crippen LogP) is 2.33. The minimum atomic E-state index is -5.09. The largest absolute Gasteiger partial charge is 0.573 e. The fraction of sp³-hybridized carbons (Fsp3) is 0.125. The molecule has 0 radical (unpaired) electrons. The molecule has 4 nitrogen and oxygen atoms in total. The van der Waals surface area contributed by atoms with Gasteiger partial charge in [0, 0.05) is 16.2 Å². The van der Waals surface area contributed by atoms with Crippen LogP contribution in [0.25, 0.3) is 0 Å². The van der Waals surface area contributed by atoms with Crippen molar-refractivity contribution in [2.24, 2.45) is 0 Å². The predicted molar refractivity (Wildman–Crippen MR) is 51.6 cm³/mol. The van der Waals surface area contributed by atoms with Crippen molar-refractivity contribution >= 4 is 26.0 Å². The van der Waals surface area contributed by atoms with Crippen LogP contribution in [0.4, 0.5) is 13.2 Å². The Morgan fingerprint density at radius 2 is 1.88 bits per heavy atom. The Balaban J connectivity index is 3.36. The Bertz CT molecular complexity index is 538. The number of alkyl halides is 3. The van der Waals surface area contributed by atoms with E-state index in [1.807, 2.05) is 0 Å². The van der Waals surface area contributed by atoms with Crippen molar-refractivity contribution in [1.82, 2.24) is 0 Å². The van der Waals surface area contributed by atoms with Crippen LogP contribution in [0.1, 0.15) is 10.4 Å². The molecule has 0 heterocycles. The number of ether oxygens (including phenoxy) is 1. The second kappa shape index (κ2) is 4.53. The molecule has 1 aromatic rings. The smallest absolute Gasteiger partial charge is 0.404 e. The van der Waals surface area contributed by atoms with Gasteiger partial charge in [-0.1, -0.05) is 6.07 Å². The van der Waals surface area contributed by atoms with Crippen molar-refractivity contribution in [3.05, 3.63) is 23.8 Å². The van der Waals surface area contributed by atoms with E-state index >= 15 is 0 Å². The molecule has 0 aromatic heterocycles. The lowest BCUT2D eigenvalue weighted by molar-refractivity contribution is -0.275. The van der Waals surface area contributed by atoms with Gasteiger partial charge in [0.25, 0.3) is 9.05 Å². The molecule has 94 valence electrons. The van der Waals surface area contributed by atoms with Crippen LogP contribution in [0, 0.1) is 0 Å². The van der Waals surface area contributed by atoms with E-state index < -0.39 is 26.1 Å². The summed E-state index contributed by atoms with van der Waals surface area (Å²) in [6.07, 6.45) is -4.84. The highest BCUT2D eigenvalue weighted by atomic mass is 35.7. The van der Waals surface area contributed by atoms with Crippen molar-refractivity contribution in [3.63, 3.8) is 0 Å². The highest BCUT2D eigenvalue weighted by Gasteiger charge is 2.33. The lowest BCUT2D eigenvalue weighted by atomic mass is 10.2. The second-order valence-corrected chi connectivity index (χ2v) is 5.34. The van der Waals surface area contributed by atoms with E-state index in [1.165, 1.54) is 0 Å². The van der Waals surface area contributed by atoms with E-state index in [0.717, 1.165) is 12.1 Å². The SMILES string of the molecule is O=Cc1ccc(S(=O)(=O)Cl)c(OC(F)(F)F)c1. The molecule has 0 saturated carbocycles. The van der Waals surface area contributed by atoms with Gasteiger partial charge in [0.15, 0.2) is 0 Å². The maximum absolute atomic E-state index is 12.0. The summed E-state index contributed by atoms with van der Waals surface area (Å²) in [5, 5.41) is 0. The second-order valence-electron chi connectivity index (χ2n) is 2.81. The molecule has 1 rings (SSSR count). The minimum Gasteiger partial charge on any atom is -0.404 e. The monoisotopic (exact) mass is 288 g/mol. The van der Waals surface area contributed by atoms with Gasteiger partial charge in [0.1, 0.15) is 16.9 Å². The van der Waals surface area contributed by atoms with Crippen molar-refractivity contribution in [3.8, 4) is 5.75 Å². The molecule has 0 spiro atoms. The first kappa shape index (κ1) is 13.8. The molecule has 0 saturated heterocycles. The zero-order valence-corrected chi connectivity index (χ0v) is 9.43. The van der Waals surface area contributed by atoms with Gasteiger partial charge in [-0.2, -0.15) is 0 Å². The molecular formula is C8H4ClF3O4S. The number of rotatable bonds is 3. The molecule has 9 heteroatoms. The van der Waals surface area contributed by atoms with Crippen molar-refractivity contribution < 1.29 is 31.1 Å². The summed E-state index contributed by atoms with van der Waals surface area (Å²) in [5.41, 5.74) is -0.173. The van der Waals surface area contributed by atoms with Crippen LogP contribution in [0.15, 0.2) is 23.1 Å². The zero-order valence-electron chi connectivity index (χ0n) is 7.86. The van der Waals surface area contributed by atoms with Crippen LogP contribution in [-0.2, 0) is 9.05 Å². The number of hydrogen-bond acceptors (Lipinski definition) is 4. The Kier molecular flexibility index (Phi) is 3.68. The van der Waals surface area contributed by atoms with E-state index in [0.29, 0.717) is 6.07 Å². The van der Waals surface area contributed by atoms with E-state index in [4.69, 9.17) is 10.7 Å². The molecule has 17 heavy (non-hydrogen) atoms. The van der Waals surface area contributed by atoms with Gasteiger partial charge in [0.05, 0.1) is 0 Å². The first-order valence-electron chi connectivity index (χ1n) is 3.93. The van der Waals surface area contributed by atoms with Crippen LogP contribution in [0.2, 0.25) is 0 Å². The van der Waals surface area contributed by atoms with Crippen LogP contribution < -0.4 is 4.74 Å². The summed E-state index contributed by atoms with van der Waals surface area (Å²) in [6.45, 7) is 0. The van der Waals surface area contributed by atoms with Gasteiger partial charge in [0.2, 0.25) is 0 Å². The van der Waals surface area contributed by atoms with Gasteiger partial charge in [-0.25, -0.2) is 8.42 Å². The maximum Gasteiger partial charge on any atom is 0.573 e. The zero-order chi connectivity index (χ0) is 13.3. The Morgan fingerprint density at radius 1 is 1.29 bits per heavy atom. The lowest BCUT2D eigenvalue weighted by Crippen LogP contribution is -2.18. The minimum absolute atomic E-state index is 0.173. The Labute approximate surface area is 98.4 Å². The van der Waals surface area contributed by atoms with Crippen LogP contribution in [0.3, 0.4) is 0 Å². The maximum atomic E-state index is 12.0. The molecule has 0 unspecified atom stereocenters. The number of benzene rings is 1. The highest BCUT2D eigenvalue weighted by Crippen LogP contribution is 2.32. The molecule has 0 bridgehead atoms. The summed E-state index contributed by atoms with van der Waals surface area (Å²) in [7, 11) is 0.525. The van der Waals surface area contributed by atoms with Crippen molar-refractivity contribution in [2.75, 3.05) is 0 Å². The van der Waals surface area contributed by atoms with E-state index in [2.05, 4.69) is 4.74 Å². The molecule has 0 aliphatic rings. The van der Waals surface area contributed by atoms with Crippen LogP contribution in [0.5, 0.6) is 5.75 Å². The van der Waals surface area contributed by atoms with Gasteiger partial charge >= 0.3 is 6.36 Å². The third kappa shape index (κ3) is 3.90. The molecule has 0 aliphatic carbocycles. The number of carbonyl (C=O) groups excluding carboxylic acids is 1. The van der Waals surface area contributed by atoms with E-state index in [9.17, 15) is 26.4 Å². The standard InChI is InChI=1S/C8H4ClF3O4S/c9-17(14,15)7-2-1-5(4-13)3-6(7)16-8(10,11)12/h1-4H. The first-order chi connectivity index (χ1) is 7.63. The molecule has 0 N–H and O–H groups in total. The number of halogens is 4. The molecule has 0 aliphatic heterocycles. The van der Waals surface area contributed by atoms with Gasteiger partial charge in [-0.3, -0.25) is 4.79 Å². The van der Waals surface area contributed by atoms with Crippen molar-refractivity contribution in [2.45, 2.75) is 11.3 Å². The van der Waals surface area contributed by atoms with Crippen LogP contribution in [-0.4, -0.2) is 21.1 Å². The van der Waals surface area contributed by atoms with Gasteiger partial charge < -0.3 is 4.74 Å². The lowest BCUT2D eigenvalue weighted by Gasteiger charge is -2.11. The topological polar surface area (TPSA) is 60.4 Å². The fourth-order valence-electron chi connectivity index (χ4n) is 1.00. The average molecular weight is 289 g/mol. The van der Waals surface area contributed by atoms with E-state index in [-0.39, 0.29) is 11.8 Å². The third-order valence-corrected chi connectivity index (χ3v) is 2.95. The molecule has 1 aromatic carbocycles. The average Bonchev–Trinajstić information content (AvgIpc) is 2.13. The fourth-order valence-corrected chi connectivity index (χ4v) is 1.96. The quantitative estimate of drug-likeness (QED) is 0.632. The Hall–Kier alpha value is -1.28. The molecule has 0 amide bonds. The number of aldehydes is 1.